The van der Waals surface area contributed by atoms with Gasteiger partial charge in [-0.25, -0.2) is 0 Å². The van der Waals surface area contributed by atoms with Crippen LogP contribution in [0.2, 0.25) is 0 Å². The lowest BCUT2D eigenvalue weighted by Crippen LogP contribution is -2.19. The van der Waals surface area contributed by atoms with Crippen molar-refractivity contribution >= 4 is 18.1 Å². The van der Waals surface area contributed by atoms with E-state index in [0.29, 0.717) is 51.5 Å². The van der Waals surface area contributed by atoms with Gasteiger partial charge in [0.05, 0.1) is 51.0 Å². The molecule has 0 heterocycles. The molecule has 4 atom stereocenters. The summed E-state index contributed by atoms with van der Waals surface area (Å²) in [5, 5.41) is 0. The van der Waals surface area contributed by atoms with Gasteiger partial charge in [0, 0.05) is 0 Å². The van der Waals surface area contributed by atoms with Crippen molar-refractivity contribution in [3.8, 4) is 0 Å². The van der Waals surface area contributed by atoms with E-state index in [4.69, 9.17) is 28.5 Å². The number of hydrogen-bond acceptors (Lipinski definition) is 8. The second kappa shape index (κ2) is 16.5. The number of ether oxygens (including phenoxy) is 4. The van der Waals surface area contributed by atoms with Gasteiger partial charge in [-0.15, -0.1) is 0 Å². The van der Waals surface area contributed by atoms with E-state index < -0.39 is 0 Å². The molecule has 4 rings (SSSR count). The summed E-state index contributed by atoms with van der Waals surface area (Å²) in [4.78, 5) is 39.3. The summed E-state index contributed by atoms with van der Waals surface area (Å²) in [6.07, 6.45) is 2.04. The molecule has 2 aliphatic rings. The van der Waals surface area contributed by atoms with Crippen LogP contribution in [0.25, 0.3) is 0 Å². The SMILES string of the molecule is CCOC(=O)[C@@]1(C)C[C@H]1COCc1ccccc1.CCOC(=O)[C@H]1C[C@H]1COCc1ccccc1.O=C=O. The second-order valence-electron chi connectivity index (χ2n) is 9.48. The highest BCUT2D eigenvalue weighted by molar-refractivity contribution is 5.80. The highest BCUT2D eigenvalue weighted by Gasteiger charge is 2.57. The van der Waals surface area contributed by atoms with Crippen molar-refractivity contribution in [3.05, 3.63) is 71.8 Å². The molecule has 2 aromatic carbocycles. The monoisotopic (exact) mass is 526 g/mol. The van der Waals surface area contributed by atoms with Gasteiger partial charge in [-0.1, -0.05) is 60.7 Å². The van der Waals surface area contributed by atoms with Crippen LogP contribution in [0, 0.1) is 23.2 Å². The Kier molecular flexibility index (Phi) is 13.4. The fraction of sp³-hybridized carbons (Fsp3) is 0.500. The molecule has 2 aliphatic carbocycles. The third-order valence-corrected chi connectivity index (χ3v) is 6.54. The first-order chi connectivity index (χ1) is 18.4. The molecule has 0 saturated heterocycles. The minimum atomic E-state index is -0.313. The molecule has 0 aliphatic heterocycles. The fourth-order valence-corrected chi connectivity index (χ4v) is 4.01. The van der Waals surface area contributed by atoms with Gasteiger partial charge in [-0.05, 0) is 56.6 Å². The molecular weight excluding hydrogens is 488 g/mol. The number of hydrogen-bond donors (Lipinski definition) is 0. The average molecular weight is 527 g/mol. The Morgan fingerprint density at radius 1 is 0.842 bits per heavy atom. The van der Waals surface area contributed by atoms with E-state index in [-0.39, 0.29) is 29.4 Å². The largest absolute Gasteiger partial charge is 0.466 e. The molecule has 0 aromatic heterocycles. The first kappa shape index (κ1) is 30.9. The molecule has 0 bridgehead atoms. The third-order valence-electron chi connectivity index (χ3n) is 6.54. The number of esters is 2. The molecule has 2 fully saturated rings. The van der Waals surface area contributed by atoms with Gasteiger partial charge in [-0.3, -0.25) is 9.59 Å². The van der Waals surface area contributed by atoms with Crippen molar-refractivity contribution in [1.29, 1.82) is 0 Å². The van der Waals surface area contributed by atoms with E-state index in [9.17, 15) is 9.59 Å². The van der Waals surface area contributed by atoms with Crippen LogP contribution in [0.5, 0.6) is 0 Å². The number of rotatable bonds is 12. The summed E-state index contributed by atoms with van der Waals surface area (Å²) >= 11 is 0. The summed E-state index contributed by atoms with van der Waals surface area (Å²) in [6.45, 7) is 9.05. The summed E-state index contributed by atoms with van der Waals surface area (Å²) in [5.41, 5.74) is 2.02. The van der Waals surface area contributed by atoms with Crippen molar-refractivity contribution < 1.29 is 38.1 Å². The first-order valence-electron chi connectivity index (χ1n) is 13.0. The van der Waals surface area contributed by atoms with E-state index >= 15 is 0 Å². The Morgan fingerprint density at radius 3 is 1.84 bits per heavy atom. The van der Waals surface area contributed by atoms with Crippen LogP contribution in [0.1, 0.15) is 44.7 Å². The maximum atomic E-state index is 11.7. The standard InChI is InChI=1S/C15H20O3.C14H18O3.CO2/c1-3-18-14(16)15(2)9-13(15)11-17-10-12-7-5-4-6-8-12;1-2-17-14(15)13-8-12(13)10-16-9-11-6-4-3-5-7-11;2-1-3/h4-8,13H,3,9-11H2,1-2H3;3-7,12-13H,2,8-10H2,1H3;/t13-,15-;12-,13-;/m00./s1. The first-order valence-corrected chi connectivity index (χ1v) is 13.0. The van der Waals surface area contributed by atoms with E-state index in [1.54, 1.807) is 0 Å². The minimum absolute atomic E-state index is 0.0687. The molecule has 0 unspecified atom stereocenters. The van der Waals surface area contributed by atoms with Gasteiger partial charge >= 0.3 is 18.1 Å². The van der Waals surface area contributed by atoms with Crippen LogP contribution in [0.3, 0.4) is 0 Å². The van der Waals surface area contributed by atoms with Crippen LogP contribution in [0.4, 0.5) is 0 Å². The van der Waals surface area contributed by atoms with Gasteiger partial charge in [-0.2, -0.15) is 9.59 Å². The van der Waals surface area contributed by atoms with E-state index in [1.165, 1.54) is 5.56 Å². The quantitative estimate of drug-likeness (QED) is 0.369. The zero-order chi connectivity index (χ0) is 27.8. The van der Waals surface area contributed by atoms with Gasteiger partial charge < -0.3 is 18.9 Å². The Balaban J connectivity index is 0.000000242. The van der Waals surface area contributed by atoms with E-state index in [1.807, 2.05) is 81.4 Å². The van der Waals surface area contributed by atoms with Crippen LogP contribution < -0.4 is 0 Å². The van der Waals surface area contributed by atoms with Crippen molar-refractivity contribution in [3.63, 3.8) is 0 Å². The second-order valence-corrected chi connectivity index (χ2v) is 9.48. The van der Waals surface area contributed by atoms with Crippen LogP contribution in [-0.2, 0) is 51.3 Å². The lowest BCUT2D eigenvalue weighted by Gasteiger charge is -2.10. The lowest BCUT2D eigenvalue weighted by molar-refractivity contribution is -0.191. The highest BCUT2D eigenvalue weighted by atomic mass is 16.5. The molecule has 0 amide bonds. The minimum Gasteiger partial charge on any atom is -0.466 e. The fourth-order valence-electron chi connectivity index (χ4n) is 4.01. The smallest absolute Gasteiger partial charge is 0.373 e. The van der Waals surface area contributed by atoms with Crippen LogP contribution in [-0.4, -0.2) is 44.5 Å². The molecular formula is C30H38O8. The molecule has 8 nitrogen and oxygen atoms in total. The zero-order valence-corrected chi connectivity index (χ0v) is 22.4. The molecule has 38 heavy (non-hydrogen) atoms. The van der Waals surface area contributed by atoms with Gasteiger partial charge in [0.25, 0.3) is 0 Å². The Hall–Kier alpha value is -3.32. The van der Waals surface area contributed by atoms with Crippen molar-refractivity contribution in [1.82, 2.24) is 0 Å². The Morgan fingerprint density at radius 2 is 1.34 bits per heavy atom. The molecule has 206 valence electrons. The number of carbonyl (C=O) groups excluding carboxylic acids is 4. The summed E-state index contributed by atoms with van der Waals surface area (Å²) in [5.74, 6) is 0.586. The van der Waals surface area contributed by atoms with Crippen LogP contribution in [0.15, 0.2) is 60.7 Å². The van der Waals surface area contributed by atoms with Gasteiger partial charge in [0.2, 0.25) is 0 Å². The summed E-state index contributed by atoms with van der Waals surface area (Å²) in [7, 11) is 0. The summed E-state index contributed by atoms with van der Waals surface area (Å²) < 4.78 is 21.3. The van der Waals surface area contributed by atoms with Crippen molar-refractivity contribution in [2.45, 2.75) is 46.8 Å². The van der Waals surface area contributed by atoms with Crippen LogP contribution >= 0.6 is 0 Å². The summed E-state index contributed by atoms with van der Waals surface area (Å²) in [6, 6.07) is 20.1. The van der Waals surface area contributed by atoms with Gasteiger partial charge in [0.1, 0.15) is 0 Å². The normalized spacial score (nSPS) is 22.3. The van der Waals surface area contributed by atoms with E-state index in [2.05, 4.69) is 0 Å². The molecule has 8 heteroatoms. The Bertz CT molecular complexity index is 1000. The maximum Gasteiger partial charge on any atom is 0.373 e. The average Bonchev–Trinajstić information content (AvgIpc) is 3.83. The topological polar surface area (TPSA) is 105 Å². The van der Waals surface area contributed by atoms with Crippen molar-refractivity contribution in [2.24, 2.45) is 23.2 Å². The highest BCUT2D eigenvalue weighted by Crippen LogP contribution is 2.53. The molecule has 0 spiro atoms. The third kappa shape index (κ3) is 10.6. The maximum absolute atomic E-state index is 11.7. The number of carbonyl (C=O) groups is 2. The lowest BCUT2D eigenvalue weighted by atomic mass is 10.1. The predicted molar refractivity (Wildman–Crippen MR) is 138 cm³/mol. The van der Waals surface area contributed by atoms with Crippen molar-refractivity contribution in [2.75, 3.05) is 26.4 Å². The Labute approximate surface area is 224 Å². The van der Waals surface area contributed by atoms with Gasteiger partial charge in [0.15, 0.2) is 0 Å². The zero-order valence-electron chi connectivity index (χ0n) is 22.4. The molecule has 2 aromatic rings. The number of benzene rings is 2. The van der Waals surface area contributed by atoms with E-state index in [0.717, 1.165) is 18.4 Å². The molecule has 2 saturated carbocycles. The molecule has 0 radical (unpaired) electrons. The molecule has 0 N–H and O–H groups in total. The predicted octanol–water partition coefficient (Wildman–Crippen LogP) is 4.61.